The van der Waals surface area contributed by atoms with Gasteiger partial charge in [-0.25, -0.2) is 4.79 Å². The number of amides is 2. The van der Waals surface area contributed by atoms with E-state index < -0.39 is 11.9 Å². The van der Waals surface area contributed by atoms with Gasteiger partial charge in [-0.15, -0.1) is 0 Å². The third-order valence-corrected chi connectivity index (χ3v) is 3.73. The lowest BCUT2D eigenvalue weighted by molar-refractivity contribution is -0.141. The second-order valence-corrected chi connectivity index (χ2v) is 5.14. The van der Waals surface area contributed by atoms with Crippen LogP contribution < -0.4 is 5.32 Å². The summed E-state index contributed by atoms with van der Waals surface area (Å²) in [6, 6.07) is 4.44. The fourth-order valence-corrected chi connectivity index (χ4v) is 2.22. The standard InChI is InChI=1S/C12H12Cl2N2O3/c13-9-2-1-8(5-10(9)14)15-12(19)16-4-3-7(6-16)11(17)18/h1-2,5,7H,3-4,6H2,(H,15,19)(H,17,18). The van der Waals surface area contributed by atoms with E-state index in [0.29, 0.717) is 28.7 Å². The summed E-state index contributed by atoms with van der Waals surface area (Å²) in [4.78, 5) is 24.2. The average molecular weight is 303 g/mol. The summed E-state index contributed by atoms with van der Waals surface area (Å²) >= 11 is 11.6. The van der Waals surface area contributed by atoms with Gasteiger partial charge in [0.1, 0.15) is 0 Å². The Morgan fingerprint density at radius 2 is 2.05 bits per heavy atom. The molecule has 5 nitrogen and oxygen atoms in total. The van der Waals surface area contributed by atoms with Gasteiger partial charge in [0.25, 0.3) is 0 Å². The average Bonchev–Trinajstić information content (AvgIpc) is 2.83. The van der Waals surface area contributed by atoms with E-state index in [9.17, 15) is 9.59 Å². The van der Waals surface area contributed by atoms with Crippen LogP contribution >= 0.6 is 23.2 Å². The summed E-state index contributed by atoms with van der Waals surface area (Å²) < 4.78 is 0. The molecule has 1 atom stereocenters. The highest BCUT2D eigenvalue weighted by atomic mass is 35.5. The normalized spacial score (nSPS) is 18.4. The number of carbonyl (C=O) groups is 2. The first-order chi connectivity index (χ1) is 8.97. The van der Waals surface area contributed by atoms with Crippen LogP contribution in [0.3, 0.4) is 0 Å². The number of aliphatic carboxylic acids is 1. The number of carbonyl (C=O) groups excluding carboxylic acids is 1. The summed E-state index contributed by atoms with van der Waals surface area (Å²) in [7, 11) is 0. The zero-order valence-corrected chi connectivity index (χ0v) is 11.4. The first-order valence-corrected chi connectivity index (χ1v) is 6.47. The van der Waals surface area contributed by atoms with Crippen LogP contribution in [0.4, 0.5) is 10.5 Å². The van der Waals surface area contributed by atoms with Crippen molar-refractivity contribution < 1.29 is 14.7 Å². The lowest BCUT2D eigenvalue weighted by atomic mass is 10.1. The molecule has 0 aromatic heterocycles. The monoisotopic (exact) mass is 302 g/mol. The van der Waals surface area contributed by atoms with Gasteiger partial charge in [0.15, 0.2) is 0 Å². The number of hydrogen-bond acceptors (Lipinski definition) is 2. The fourth-order valence-electron chi connectivity index (χ4n) is 1.92. The maximum absolute atomic E-state index is 11.9. The minimum atomic E-state index is -0.871. The quantitative estimate of drug-likeness (QED) is 0.882. The largest absolute Gasteiger partial charge is 0.481 e. The van der Waals surface area contributed by atoms with Crippen LogP contribution in [0.25, 0.3) is 0 Å². The summed E-state index contributed by atoms with van der Waals surface area (Å²) in [5.74, 6) is -1.36. The zero-order chi connectivity index (χ0) is 14.0. The molecule has 0 spiro atoms. The van der Waals surface area contributed by atoms with Crippen molar-refractivity contribution in [1.29, 1.82) is 0 Å². The number of nitrogens with one attached hydrogen (secondary N) is 1. The van der Waals surface area contributed by atoms with Gasteiger partial charge >= 0.3 is 12.0 Å². The minimum absolute atomic E-state index is 0.225. The highest BCUT2D eigenvalue weighted by Crippen LogP contribution is 2.25. The van der Waals surface area contributed by atoms with Gasteiger partial charge in [0.05, 0.1) is 16.0 Å². The molecule has 1 fully saturated rings. The number of halogens is 2. The van der Waals surface area contributed by atoms with Crippen molar-refractivity contribution in [2.24, 2.45) is 5.92 Å². The van der Waals surface area contributed by atoms with E-state index in [1.54, 1.807) is 18.2 Å². The smallest absolute Gasteiger partial charge is 0.321 e. The van der Waals surface area contributed by atoms with Crippen molar-refractivity contribution >= 4 is 40.9 Å². The van der Waals surface area contributed by atoms with E-state index in [1.807, 2.05) is 0 Å². The van der Waals surface area contributed by atoms with Crippen LogP contribution in [0.2, 0.25) is 10.0 Å². The van der Waals surface area contributed by atoms with Crippen LogP contribution in [0.15, 0.2) is 18.2 Å². The predicted molar refractivity (Wildman–Crippen MR) is 72.8 cm³/mol. The molecule has 0 aliphatic carbocycles. The Morgan fingerprint density at radius 3 is 2.63 bits per heavy atom. The Bertz CT molecular complexity index is 522. The van der Waals surface area contributed by atoms with E-state index in [1.165, 1.54) is 4.90 Å². The minimum Gasteiger partial charge on any atom is -0.481 e. The zero-order valence-electron chi connectivity index (χ0n) is 9.90. The van der Waals surface area contributed by atoms with Gasteiger partial charge < -0.3 is 15.3 Å². The molecule has 1 heterocycles. The number of rotatable bonds is 2. The number of nitrogens with zero attached hydrogens (tertiary/aromatic N) is 1. The summed E-state index contributed by atoms with van der Waals surface area (Å²) in [5.41, 5.74) is 0.526. The lowest BCUT2D eigenvalue weighted by Crippen LogP contribution is -2.33. The Kier molecular flexibility index (Phi) is 4.17. The van der Waals surface area contributed by atoms with Crippen LogP contribution in [0, 0.1) is 5.92 Å². The number of likely N-dealkylation sites (tertiary alicyclic amines) is 1. The Balaban J connectivity index is 1.98. The van der Waals surface area contributed by atoms with Crippen LogP contribution in [-0.4, -0.2) is 35.1 Å². The van der Waals surface area contributed by atoms with E-state index in [-0.39, 0.29) is 12.6 Å². The van der Waals surface area contributed by atoms with Crippen molar-refractivity contribution in [3.63, 3.8) is 0 Å². The van der Waals surface area contributed by atoms with Gasteiger partial charge in [-0.3, -0.25) is 4.79 Å². The molecule has 1 saturated heterocycles. The van der Waals surface area contributed by atoms with Crippen molar-refractivity contribution in [2.45, 2.75) is 6.42 Å². The molecule has 0 saturated carbocycles. The molecular formula is C12H12Cl2N2O3. The molecule has 2 N–H and O–H groups in total. The molecule has 19 heavy (non-hydrogen) atoms. The summed E-state index contributed by atoms with van der Waals surface area (Å²) in [6.45, 7) is 0.659. The van der Waals surface area contributed by atoms with Crippen molar-refractivity contribution in [3.8, 4) is 0 Å². The van der Waals surface area contributed by atoms with Crippen LogP contribution in [0.1, 0.15) is 6.42 Å². The molecule has 102 valence electrons. The molecule has 1 aliphatic heterocycles. The highest BCUT2D eigenvalue weighted by Gasteiger charge is 2.30. The van der Waals surface area contributed by atoms with Gasteiger partial charge in [0.2, 0.25) is 0 Å². The van der Waals surface area contributed by atoms with E-state index in [2.05, 4.69) is 5.32 Å². The molecule has 1 aromatic rings. The second kappa shape index (κ2) is 5.67. The molecule has 1 aliphatic rings. The number of carboxylic acid groups (broad SMARTS) is 1. The predicted octanol–water partition coefficient (Wildman–Crippen LogP) is 2.93. The maximum atomic E-state index is 11.9. The molecule has 2 amide bonds. The number of urea groups is 1. The van der Waals surface area contributed by atoms with Gasteiger partial charge in [0, 0.05) is 18.8 Å². The first-order valence-electron chi connectivity index (χ1n) is 5.71. The third kappa shape index (κ3) is 3.30. The molecule has 1 aromatic carbocycles. The van der Waals surface area contributed by atoms with Gasteiger partial charge in [-0.1, -0.05) is 23.2 Å². The van der Waals surface area contributed by atoms with Crippen LogP contribution in [0.5, 0.6) is 0 Å². The van der Waals surface area contributed by atoms with Crippen molar-refractivity contribution in [2.75, 3.05) is 18.4 Å². The lowest BCUT2D eigenvalue weighted by Gasteiger charge is -2.16. The van der Waals surface area contributed by atoms with Crippen molar-refractivity contribution in [3.05, 3.63) is 28.2 Å². The van der Waals surface area contributed by atoms with Crippen molar-refractivity contribution in [1.82, 2.24) is 4.90 Å². The highest BCUT2D eigenvalue weighted by molar-refractivity contribution is 6.42. The molecular weight excluding hydrogens is 291 g/mol. The SMILES string of the molecule is O=C(O)C1CCN(C(=O)Nc2ccc(Cl)c(Cl)c2)C1. The number of hydrogen-bond donors (Lipinski definition) is 2. The molecule has 1 unspecified atom stereocenters. The Hall–Kier alpha value is -1.46. The Morgan fingerprint density at radius 1 is 1.32 bits per heavy atom. The van der Waals surface area contributed by atoms with E-state index in [0.717, 1.165) is 0 Å². The van der Waals surface area contributed by atoms with Crippen LogP contribution in [-0.2, 0) is 4.79 Å². The molecule has 2 rings (SSSR count). The maximum Gasteiger partial charge on any atom is 0.321 e. The molecule has 0 bridgehead atoms. The van der Waals surface area contributed by atoms with Gasteiger partial charge in [-0.2, -0.15) is 0 Å². The van der Waals surface area contributed by atoms with E-state index in [4.69, 9.17) is 28.3 Å². The summed E-state index contributed by atoms with van der Waals surface area (Å²) in [6.07, 6.45) is 0.476. The second-order valence-electron chi connectivity index (χ2n) is 4.33. The number of anilines is 1. The topological polar surface area (TPSA) is 69.6 Å². The van der Waals surface area contributed by atoms with E-state index >= 15 is 0 Å². The molecule has 7 heteroatoms. The first kappa shape index (κ1) is 14.0. The number of benzene rings is 1. The van der Waals surface area contributed by atoms with Gasteiger partial charge in [-0.05, 0) is 24.6 Å². The fraction of sp³-hybridized carbons (Fsp3) is 0.333. The Labute approximate surface area is 120 Å². The number of carboxylic acids is 1. The summed E-state index contributed by atoms with van der Waals surface area (Å²) in [5, 5.41) is 12.3. The third-order valence-electron chi connectivity index (χ3n) is 3.00. The molecule has 0 radical (unpaired) electrons.